The molecule has 0 fully saturated rings. The minimum absolute atomic E-state index is 0.0164. The summed E-state index contributed by atoms with van der Waals surface area (Å²) in [6.45, 7) is 0. The van der Waals surface area contributed by atoms with Crippen molar-refractivity contribution in [2.45, 2.75) is 11.8 Å². The molecule has 1 unspecified atom stereocenters. The van der Waals surface area contributed by atoms with Gasteiger partial charge in [0.1, 0.15) is 11.2 Å². The normalized spacial score (nSPS) is 20.3. The second-order valence-corrected chi connectivity index (χ2v) is 8.30. The van der Waals surface area contributed by atoms with E-state index in [2.05, 4.69) is 26.3 Å². The van der Waals surface area contributed by atoms with Crippen molar-refractivity contribution in [1.82, 2.24) is 9.78 Å². The Kier molecular flexibility index (Phi) is 3.70. The number of nitrogens with zero attached hydrogens (tertiary/aromatic N) is 3. The number of anilines is 2. The van der Waals surface area contributed by atoms with Crippen molar-refractivity contribution in [1.29, 1.82) is 0 Å². The maximum atomic E-state index is 13.4. The van der Waals surface area contributed by atoms with Gasteiger partial charge in [-0.15, -0.1) is 0 Å². The predicted octanol–water partition coefficient (Wildman–Crippen LogP) is 3.89. The standard InChI is InChI=1S/C20H14BrClN4O2/c1-25-16-7-4-12(22)8-14(16)20(19(25)28)9-17(27)24-18-15(20)10-23-26(18)13-5-2-11(21)3-6-13/h2-8,10H,9H2,1H3,(H,24,27). The van der Waals surface area contributed by atoms with Gasteiger partial charge in [0.15, 0.2) is 0 Å². The Morgan fingerprint density at radius 3 is 2.64 bits per heavy atom. The maximum absolute atomic E-state index is 13.4. The molecule has 3 aromatic rings. The lowest BCUT2D eigenvalue weighted by atomic mass is 9.72. The van der Waals surface area contributed by atoms with Crippen LogP contribution in [0.4, 0.5) is 11.5 Å². The van der Waals surface area contributed by atoms with E-state index in [4.69, 9.17) is 11.6 Å². The molecule has 2 amide bonds. The van der Waals surface area contributed by atoms with Crippen molar-refractivity contribution in [2.24, 2.45) is 0 Å². The number of amides is 2. The number of rotatable bonds is 1. The molecule has 8 heteroatoms. The zero-order valence-corrected chi connectivity index (χ0v) is 17.1. The third-order valence-corrected chi connectivity index (χ3v) is 6.20. The molecule has 28 heavy (non-hydrogen) atoms. The van der Waals surface area contributed by atoms with Crippen molar-refractivity contribution in [2.75, 3.05) is 17.3 Å². The number of carbonyl (C=O) groups is 2. The molecule has 0 bridgehead atoms. The van der Waals surface area contributed by atoms with Crippen molar-refractivity contribution in [3.8, 4) is 5.69 Å². The Balaban J connectivity index is 1.78. The lowest BCUT2D eigenvalue weighted by Crippen LogP contribution is -2.45. The average Bonchev–Trinajstić information content (AvgIpc) is 3.17. The fourth-order valence-corrected chi connectivity index (χ4v) is 4.59. The summed E-state index contributed by atoms with van der Waals surface area (Å²) in [5.41, 5.74) is 1.82. The van der Waals surface area contributed by atoms with Crippen LogP contribution in [0, 0.1) is 0 Å². The van der Waals surface area contributed by atoms with Gasteiger partial charge in [0, 0.05) is 34.2 Å². The molecule has 1 spiro atoms. The van der Waals surface area contributed by atoms with Gasteiger partial charge in [0.05, 0.1) is 11.9 Å². The van der Waals surface area contributed by atoms with Gasteiger partial charge in [-0.1, -0.05) is 27.5 Å². The highest BCUT2D eigenvalue weighted by molar-refractivity contribution is 9.10. The molecule has 1 aromatic heterocycles. The SMILES string of the molecule is CN1C(=O)C2(CC(=O)Nc3c2cnn3-c2ccc(Br)cc2)c2cc(Cl)ccc21. The van der Waals surface area contributed by atoms with E-state index in [0.29, 0.717) is 16.4 Å². The van der Waals surface area contributed by atoms with Gasteiger partial charge in [0.2, 0.25) is 11.8 Å². The van der Waals surface area contributed by atoms with E-state index in [1.807, 2.05) is 30.3 Å². The summed E-state index contributed by atoms with van der Waals surface area (Å²) >= 11 is 9.66. The fourth-order valence-electron chi connectivity index (χ4n) is 4.16. The zero-order valence-electron chi connectivity index (χ0n) is 14.7. The topological polar surface area (TPSA) is 67.2 Å². The lowest BCUT2D eigenvalue weighted by Gasteiger charge is -2.32. The van der Waals surface area contributed by atoms with Crippen LogP contribution in [0.3, 0.4) is 0 Å². The molecule has 0 saturated carbocycles. The van der Waals surface area contributed by atoms with Gasteiger partial charge in [-0.05, 0) is 48.0 Å². The monoisotopic (exact) mass is 456 g/mol. The lowest BCUT2D eigenvalue weighted by molar-refractivity contribution is -0.126. The van der Waals surface area contributed by atoms with Gasteiger partial charge in [-0.2, -0.15) is 5.10 Å². The minimum Gasteiger partial charge on any atom is -0.314 e. The largest absolute Gasteiger partial charge is 0.314 e. The Hall–Kier alpha value is -2.64. The quantitative estimate of drug-likeness (QED) is 0.603. The van der Waals surface area contributed by atoms with Crippen LogP contribution >= 0.6 is 27.5 Å². The number of likely N-dealkylation sites (N-methyl/N-ethyl adjacent to an activating group) is 1. The van der Waals surface area contributed by atoms with Gasteiger partial charge >= 0.3 is 0 Å². The van der Waals surface area contributed by atoms with Crippen molar-refractivity contribution >= 4 is 50.9 Å². The van der Waals surface area contributed by atoms with Crippen molar-refractivity contribution < 1.29 is 9.59 Å². The van der Waals surface area contributed by atoms with Crippen LogP contribution in [0.15, 0.2) is 53.1 Å². The van der Waals surface area contributed by atoms with Crippen LogP contribution in [0.5, 0.6) is 0 Å². The van der Waals surface area contributed by atoms with Crippen molar-refractivity contribution in [3.63, 3.8) is 0 Å². The average molecular weight is 458 g/mol. The van der Waals surface area contributed by atoms with E-state index in [-0.39, 0.29) is 18.2 Å². The van der Waals surface area contributed by atoms with Gasteiger partial charge in [-0.25, -0.2) is 4.68 Å². The maximum Gasteiger partial charge on any atom is 0.242 e. The second-order valence-electron chi connectivity index (χ2n) is 6.95. The Bertz CT molecular complexity index is 1160. The molecular formula is C20H14BrClN4O2. The zero-order chi connectivity index (χ0) is 19.6. The number of hydrogen-bond acceptors (Lipinski definition) is 3. The molecule has 2 aromatic carbocycles. The summed E-state index contributed by atoms with van der Waals surface area (Å²) in [6, 6.07) is 12.9. The molecule has 6 nitrogen and oxygen atoms in total. The number of halogens is 2. The third kappa shape index (κ3) is 2.23. The van der Waals surface area contributed by atoms with Gasteiger partial charge in [-0.3, -0.25) is 9.59 Å². The molecular weight excluding hydrogens is 444 g/mol. The van der Waals surface area contributed by atoms with Crippen LogP contribution in [0.1, 0.15) is 17.5 Å². The molecule has 140 valence electrons. The first kappa shape index (κ1) is 17.5. The summed E-state index contributed by atoms with van der Waals surface area (Å²) in [5, 5.41) is 7.91. The molecule has 3 heterocycles. The fraction of sp³-hybridized carbons (Fsp3) is 0.150. The third-order valence-electron chi connectivity index (χ3n) is 5.43. The van der Waals surface area contributed by atoms with Crippen LogP contribution in [0.2, 0.25) is 5.02 Å². The smallest absolute Gasteiger partial charge is 0.242 e. The van der Waals surface area contributed by atoms with Crippen molar-refractivity contribution in [3.05, 3.63) is 69.3 Å². The first-order chi connectivity index (χ1) is 13.4. The summed E-state index contributed by atoms with van der Waals surface area (Å²) in [5.74, 6) is 0.116. The Labute approximate surface area is 174 Å². The summed E-state index contributed by atoms with van der Waals surface area (Å²) in [4.78, 5) is 27.7. The Morgan fingerprint density at radius 2 is 1.89 bits per heavy atom. The predicted molar refractivity (Wildman–Crippen MR) is 110 cm³/mol. The first-order valence-electron chi connectivity index (χ1n) is 8.64. The van der Waals surface area contributed by atoms with Gasteiger partial charge < -0.3 is 10.2 Å². The van der Waals surface area contributed by atoms with E-state index < -0.39 is 5.41 Å². The highest BCUT2D eigenvalue weighted by atomic mass is 79.9. The number of fused-ring (bicyclic) bond motifs is 4. The van der Waals surface area contributed by atoms with Crippen LogP contribution in [-0.4, -0.2) is 28.6 Å². The summed E-state index contributed by atoms with van der Waals surface area (Å²) in [7, 11) is 1.72. The molecule has 0 radical (unpaired) electrons. The van der Waals surface area contributed by atoms with E-state index in [0.717, 1.165) is 21.4 Å². The second kappa shape index (κ2) is 5.93. The van der Waals surface area contributed by atoms with Gasteiger partial charge in [0.25, 0.3) is 0 Å². The highest BCUT2D eigenvalue weighted by Gasteiger charge is 2.56. The highest BCUT2D eigenvalue weighted by Crippen LogP contribution is 2.52. The van der Waals surface area contributed by atoms with Crippen LogP contribution < -0.4 is 10.2 Å². The first-order valence-corrected chi connectivity index (χ1v) is 9.81. The molecule has 0 aliphatic carbocycles. The number of hydrogen-bond donors (Lipinski definition) is 1. The molecule has 1 atom stereocenters. The summed E-state index contributed by atoms with van der Waals surface area (Å²) < 4.78 is 2.59. The van der Waals surface area contributed by atoms with E-state index in [1.165, 1.54) is 0 Å². The van der Waals surface area contributed by atoms with E-state index >= 15 is 0 Å². The number of nitrogens with one attached hydrogen (secondary N) is 1. The molecule has 1 N–H and O–H groups in total. The van der Waals surface area contributed by atoms with E-state index in [1.54, 1.807) is 35.0 Å². The number of benzene rings is 2. The molecule has 2 aliphatic heterocycles. The van der Waals surface area contributed by atoms with Crippen LogP contribution in [0.25, 0.3) is 5.69 Å². The molecule has 5 rings (SSSR count). The minimum atomic E-state index is -1.12. The number of carbonyl (C=O) groups excluding carboxylic acids is 2. The number of aromatic nitrogens is 2. The molecule has 0 saturated heterocycles. The molecule has 2 aliphatic rings. The summed E-state index contributed by atoms with van der Waals surface area (Å²) in [6.07, 6.45) is 1.68. The Morgan fingerprint density at radius 1 is 1.14 bits per heavy atom. The van der Waals surface area contributed by atoms with Crippen LogP contribution in [-0.2, 0) is 15.0 Å². The van der Waals surface area contributed by atoms with E-state index in [9.17, 15) is 9.59 Å².